The number of hydrogen-bond donors (Lipinski definition) is 0. The van der Waals surface area contributed by atoms with Crippen molar-refractivity contribution in [2.75, 3.05) is 5.75 Å². The quantitative estimate of drug-likeness (QED) is 0.623. The predicted molar refractivity (Wildman–Crippen MR) is 50.9 cm³/mol. The van der Waals surface area contributed by atoms with Crippen molar-refractivity contribution < 1.29 is 9.59 Å². The highest BCUT2D eigenvalue weighted by Crippen LogP contribution is 2.26. The van der Waals surface area contributed by atoms with Crippen molar-refractivity contribution in [3.63, 3.8) is 0 Å². The monoisotopic (exact) mass is 192 g/mol. The van der Waals surface area contributed by atoms with Gasteiger partial charge in [0.25, 0.3) is 0 Å². The van der Waals surface area contributed by atoms with Crippen LogP contribution in [0.15, 0.2) is 0 Å². The summed E-state index contributed by atoms with van der Waals surface area (Å²) in [4.78, 5) is 21.2. The fourth-order valence-corrected chi connectivity index (χ4v) is 2.58. The molecule has 0 aliphatic carbocycles. The summed E-state index contributed by atoms with van der Waals surface area (Å²) in [5, 5.41) is -0.000602. The van der Waals surface area contributed by atoms with Gasteiger partial charge < -0.3 is 0 Å². The molecule has 0 saturated heterocycles. The Morgan fingerprint density at radius 3 is 2.27 bits per heavy atom. The van der Waals surface area contributed by atoms with E-state index in [4.69, 9.17) is 0 Å². The number of carbonyl (C=O) groups excluding carboxylic acids is 2. The zero-order valence-electron chi connectivity index (χ0n) is 6.92. The zero-order chi connectivity index (χ0) is 8.85. The first-order chi connectivity index (χ1) is 5.04. The van der Waals surface area contributed by atoms with E-state index in [0.29, 0.717) is 5.75 Å². The van der Waals surface area contributed by atoms with Gasteiger partial charge in [0.2, 0.25) is 0 Å². The molecule has 0 aromatic heterocycles. The third kappa shape index (κ3) is 6.44. The topological polar surface area (TPSA) is 34.1 Å². The van der Waals surface area contributed by atoms with Gasteiger partial charge in [0, 0.05) is 0 Å². The molecule has 0 aromatic carbocycles. The van der Waals surface area contributed by atoms with Crippen molar-refractivity contribution in [1.82, 2.24) is 0 Å². The molecule has 0 saturated carbocycles. The SMILES string of the molecule is CC(=O)CSSC(C)C(C)=O. The Morgan fingerprint density at radius 2 is 1.91 bits per heavy atom. The van der Waals surface area contributed by atoms with Gasteiger partial charge in [0.1, 0.15) is 11.6 Å². The van der Waals surface area contributed by atoms with Crippen molar-refractivity contribution in [2.24, 2.45) is 0 Å². The van der Waals surface area contributed by atoms with E-state index in [0.717, 1.165) is 0 Å². The number of hydrogen-bond acceptors (Lipinski definition) is 4. The van der Waals surface area contributed by atoms with Crippen LogP contribution in [-0.2, 0) is 9.59 Å². The first-order valence-electron chi connectivity index (χ1n) is 3.32. The summed E-state index contributed by atoms with van der Waals surface area (Å²) < 4.78 is 0. The van der Waals surface area contributed by atoms with Crippen LogP contribution >= 0.6 is 21.6 Å². The average molecular weight is 192 g/mol. The molecule has 0 N–H and O–H groups in total. The third-order valence-corrected chi connectivity index (χ3v) is 3.96. The molecule has 1 atom stereocenters. The maximum absolute atomic E-state index is 10.7. The van der Waals surface area contributed by atoms with E-state index >= 15 is 0 Å². The Kier molecular flexibility index (Phi) is 5.68. The minimum Gasteiger partial charge on any atom is -0.299 e. The van der Waals surface area contributed by atoms with Crippen LogP contribution in [0, 0.1) is 0 Å². The van der Waals surface area contributed by atoms with Gasteiger partial charge in [-0.25, -0.2) is 0 Å². The van der Waals surface area contributed by atoms with E-state index in [1.54, 1.807) is 13.8 Å². The smallest absolute Gasteiger partial charge is 0.143 e. The van der Waals surface area contributed by atoms with E-state index < -0.39 is 0 Å². The van der Waals surface area contributed by atoms with Crippen LogP contribution in [-0.4, -0.2) is 22.6 Å². The molecule has 0 spiro atoms. The lowest BCUT2D eigenvalue weighted by Gasteiger charge is -2.03. The molecule has 0 bridgehead atoms. The third-order valence-electron chi connectivity index (χ3n) is 1.05. The Labute approximate surface area is 74.9 Å². The molecule has 0 heterocycles. The molecule has 0 rings (SSSR count). The fourth-order valence-electron chi connectivity index (χ4n) is 0.287. The molecule has 0 fully saturated rings. The van der Waals surface area contributed by atoms with E-state index in [9.17, 15) is 9.59 Å². The fraction of sp³-hybridized carbons (Fsp3) is 0.714. The number of rotatable bonds is 5. The lowest BCUT2D eigenvalue weighted by atomic mass is 10.3. The summed E-state index contributed by atoms with van der Waals surface area (Å²) in [7, 11) is 2.90. The van der Waals surface area contributed by atoms with Crippen LogP contribution in [0.25, 0.3) is 0 Å². The Balaban J connectivity index is 3.39. The van der Waals surface area contributed by atoms with Gasteiger partial charge >= 0.3 is 0 Å². The summed E-state index contributed by atoms with van der Waals surface area (Å²) in [6.45, 7) is 4.96. The molecule has 1 unspecified atom stereocenters. The molecule has 2 nitrogen and oxygen atoms in total. The van der Waals surface area contributed by atoms with Gasteiger partial charge in [-0.3, -0.25) is 9.59 Å². The number of carbonyl (C=O) groups is 2. The van der Waals surface area contributed by atoms with E-state index in [-0.39, 0.29) is 16.8 Å². The van der Waals surface area contributed by atoms with Crippen LogP contribution in [0.3, 0.4) is 0 Å². The molecular weight excluding hydrogens is 180 g/mol. The lowest BCUT2D eigenvalue weighted by molar-refractivity contribution is -0.116. The highest BCUT2D eigenvalue weighted by Gasteiger charge is 2.08. The van der Waals surface area contributed by atoms with Gasteiger partial charge in [-0.05, 0) is 20.8 Å². The Hall–Kier alpha value is 0.0400. The number of ketones is 2. The largest absolute Gasteiger partial charge is 0.299 e. The summed E-state index contributed by atoms with van der Waals surface area (Å²) in [6, 6.07) is 0. The lowest BCUT2D eigenvalue weighted by Crippen LogP contribution is -2.06. The first-order valence-corrected chi connectivity index (χ1v) is 5.70. The van der Waals surface area contributed by atoms with E-state index in [1.807, 2.05) is 6.92 Å². The van der Waals surface area contributed by atoms with Crippen LogP contribution in [0.1, 0.15) is 20.8 Å². The summed E-state index contributed by atoms with van der Waals surface area (Å²) in [6.07, 6.45) is 0. The standard InChI is InChI=1S/C7H12O2S2/c1-5(8)4-10-11-7(3)6(2)9/h7H,4H2,1-3H3. The second kappa shape index (κ2) is 5.66. The van der Waals surface area contributed by atoms with Gasteiger partial charge in [-0.1, -0.05) is 21.6 Å². The maximum Gasteiger partial charge on any atom is 0.143 e. The van der Waals surface area contributed by atoms with Crippen LogP contribution in [0.4, 0.5) is 0 Å². The molecule has 0 aliphatic heterocycles. The second-order valence-electron chi connectivity index (χ2n) is 2.31. The summed E-state index contributed by atoms with van der Waals surface area (Å²) >= 11 is 0. The highest BCUT2D eigenvalue weighted by atomic mass is 33.1. The van der Waals surface area contributed by atoms with E-state index in [1.165, 1.54) is 21.6 Å². The van der Waals surface area contributed by atoms with Gasteiger partial charge in [-0.2, -0.15) is 0 Å². The minimum absolute atomic E-state index is 0.000602. The molecular formula is C7H12O2S2. The van der Waals surface area contributed by atoms with Crippen molar-refractivity contribution in [3.05, 3.63) is 0 Å². The predicted octanol–water partition coefficient (Wildman–Crippen LogP) is 1.93. The van der Waals surface area contributed by atoms with E-state index in [2.05, 4.69) is 0 Å². The normalized spacial score (nSPS) is 12.6. The van der Waals surface area contributed by atoms with Gasteiger partial charge in [0.05, 0.1) is 11.0 Å². The molecule has 64 valence electrons. The van der Waals surface area contributed by atoms with Gasteiger partial charge in [0.15, 0.2) is 0 Å². The molecule has 0 aliphatic rings. The first kappa shape index (κ1) is 11.0. The van der Waals surface area contributed by atoms with Crippen LogP contribution < -0.4 is 0 Å². The minimum atomic E-state index is -0.000602. The molecule has 11 heavy (non-hydrogen) atoms. The molecule has 0 aromatic rings. The zero-order valence-corrected chi connectivity index (χ0v) is 8.55. The Morgan fingerprint density at radius 1 is 1.36 bits per heavy atom. The van der Waals surface area contributed by atoms with Crippen molar-refractivity contribution in [3.8, 4) is 0 Å². The van der Waals surface area contributed by atoms with Crippen molar-refractivity contribution in [1.29, 1.82) is 0 Å². The summed E-state index contributed by atoms with van der Waals surface area (Å²) in [5.41, 5.74) is 0. The second-order valence-corrected chi connectivity index (χ2v) is 5.02. The number of Topliss-reactive ketones (excluding diaryl/α,β-unsaturated/α-hetero) is 2. The van der Waals surface area contributed by atoms with Crippen molar-refractivity contribution in [2.45, 2.75) is 26.0 Å². The molecule has 0 amide bonds. The highest BCUT2D eigenvalue weighted by molar-refractivity contribution is 8.77. The Bertz CT molecular complexity index is 157. The average Bonchev–Trinajstić information content (AvgIpc) is 1.86. The molecule has 0 radical (unpaired) electrons. The van der Waals surface area contributed by atoms with Gasteiger partial charge in [-0.15, -0.1) is 0 Å². The van der Waals surface area contributed by atoms with Crippen LogP contribution in [0.2, 0.25) is 0 Å². The van der Waals surface area contributed by atoms with Crippen molar-refractivity contribution >= 4 is 33.2 Å². The summed E-state index contributed by atoms with van der Waals surface area (Å²) in [5.74, 6) is 0.798. The maximum atomic E-state index is 10.7. The van der Waals surface area contributed by atoms with Crippen LogP contribution in [0.5, 0.6) is 0 Å². The molecule has 4 heteroatoms.